The molecular formula is C16H25NO2. The van der Waals surface area contributed by atoms with E-state index in [0.717, 1.165) is 24.7 Å². The van der Waals surface area contributed by atoms with Crippen LogP contribution in [0.25, 0.3) is 0 Å². The largest absolute Gasteiger partial charge is 0.492 e. The number of hydrogen-bond donors (Lipinski definition) is 0. The number of hydrogen-bond acceptors (Lipinski definition) is 3. The predicted molar refractivity (Wildman–Crippen MR) is 78.0 cm³/mol. The van der Waals surface area contributed by atoms with Gasteiger partial charge in [0.15, 0.2) is 0 Å². The maximum absolute atomic E-state index is 5.77. The van der Waals surface area contributed by atoms with E-state index in [0.29, 0.717) is 0 Å². The summed E-state index contributed by atoms with van der Waals surface area (Å²) in [6, 6.07) is 7.90. The predicted octanol–water partition coefficient (Wildman–Crippen LogP) is 3.34. The summed E-state index contributed by atoms with van der Waals surface area (Å²) in [5.41, 5.74) is 0. The van der Waals surface area contributed by atoms with E-state index in [-0.39, 0.29) is 6.10 Å². The first-order valence-electron chi connectivity index (χ1n) is 7.36. The monoisotopic (exact) mass is 263 g/mol. The maximum Gasteiger partial charge on any atom is 0.119 e. The highest BCUT2D eigenvalue weighted by atomic mass is 16.5. The molecule has 1 aliphatic heterocycles. The van der Waals surface area contributed by atoms with Crippen LogP contribution in [0.15, 0.2) is 24.3 Å². The SMILES string of the molecule is CC(C)Oc1ccc(OCCN2CCCCC2)cc1. The summed E-state index contributed by atoms with van der Waals surface area (Å²) >= 11 is 0. The Bertz CT molecular complexity index is 356. The Balaban J connectivity index is 1.70. The zero-order valence-corrected chi connectivity index (χ0v) is 12.1. The molecule has 0 unspecified atom stereocenters. The minimum atomic E-state index is 0.214. The highest BCUT2D eigenvalue weighted by Crippen LogP contribution is 2.18. The van der Waals surface area contributed by atoms with Crippen LogP contribution in [-0.2, 0) is 0 Å². The lowest BCUT2D eigenvalue weighted by Gasteiger charge is -2.26. The second kappa shape index (κ2) is 7.39. The van der Waals surface area contributed by atoms with E-state index in [1.165, 1.54) is 32.4 Å². The van der Waals surface area contributed by atoms with E-state index >= 15 is 0 Å². The number of nitrogens with zero attached hydrogens (tertiary/aromatic N) is 1. The molecule has 3 nitrogen and oxygen atoms in total. The normalized spacial score (nSPS) is 16.6. The number of ether oxygens (including phenoxy) is 2. The molecule has 1 aliphatic rings. The van der Waals surface area contributed by atoms with Gasteiger partial charge in [-0.15, -0.1) is 0 Å². The van der Waals surface area contributed by atoms with E-state index < -0.39 is 0 Å². The van der Waals surface area contributed by atoms with Gasteiger partial charge in [-0.3, -0.25) is 4.90 Å². The highest BCUT2D eigenvalue weighted by Gasteiger charge is 2.09. The minimum absolute atomic E-state index is 0.214. The Labute approximate surface area is 116 Å². The van der Waals surface area contributed by atoms with Crippen molar-refractivity contribution in [2.75, 3.05) is 26.2 Å². The molecule has 1 fully saturated rings. The Morgan fingerprint density at radius 1 is 1.00 bits per heavy atom. The molecule has 0 spiro atoms. The number of benzene rings is 1. The molecular weight excluding hydrogens is 238 g/mol. The third kappa shape index (κ3) is 5.11. The molecule has 0 radical (unpaired) electrons. The van der Waals surface area contributed by atoms with Crippen molar-refractivity contribution in [3.63, 3.8) is 0 Å². The van der Waals surface area contributed by atoms with Gasteiger partial charge >= 0.3 is 0 Å². The first-order chi connectivity index (χ1) is 9.24. The van der Waals surface area contributed by atoms with Gasteiger partial charge in [-0.05, 0) is 64.0 Å². The molecule has 106 valence electrons. The number of rotatable bonds is 6. The van der Waals surface area contributed by atoms with Crippen LogP contribution in [-0.4, -0.2) is 37.2 Å². The summed E-state index contributed by atoms with van der Waals surface area (Å²) in [5, 5.41) is 0. The van der Waals surface area contributed by atoms with Crippen LogP contribution in [0, 0.1) is 0 Å². The average molecular weight is 263 g/mol. The molecule has 0 aromatic heterocycles. The van der Waals surface area contributed by atoms with Gasteiger partial charge in [0.2, 0.25) is 0 Å². The quantitative estimate of drug-likeness (QED) is 0.785. The fourth-order valence-electron chi connectivity index (χ4n) is 2.36. The molecule has 0 aliphatic carbocycles. The van der Waals surface area contributed by atoms with Gasteiger partial charge in [-0.25, -0.2) is 0 Å². The van der Waals surface area contributed by atoms with Gasteiger partial charge in [0.25, 0.3) is 0 Å². The van der Waals surface area contributed by atoms with Crippen molar-refractivity contribution in [1.29, 1.82) is 0 Å². The number of likely N-dealkylation sites (tertiary alicyclic amines) is 1. The summed E-state index contributed by atoms with van der Waals surface area (Å²) in [4.78, 5) is 2.49. The lowest BCUT2D eigenvalue weighted by molar-refractivity contribution is 0.183. The van der Waals surface area contributed by atoms with E-state index in [1.807, 2.05) is 38.1 Å². The van der Waals surface area contributed by atoms with Gasteiger partial charge in [0.1, 0.15) is 18.1 Å². The molecule has 0 N–H and O–H groups in total. The van der Waals surface area contributed by atoms with Crippen molar-refractivity contribution in [3.05, 3.63) is 24.3 Å². The fraction of sp³-hybridized carbons (Fsp3) is 0.625. The Morgan fingerprint density at radius 3 is 2.26 bits per heavy atom. The van der Waals surface area contributed by atoms with E-state index in [9.17, 15) is 0 Å². The molecule has 1 saturated heterocycles. The Kier molecular flexibility index (Phi) is 5.52. The summed E-state index contributed by atoms with van der Waals surface area (Å²) in [6.07, 6.45) is 4.27. The first kappa shape index (κ1) is 14.2. The van der Waals surface area contributed by atoms with E-state index in [1.54, 1.807) is 0 Å². The lowest BCUT2D eigenvalue weighted by Crippen LogP contribution is -2.33. The molecule has 0 amide bonds. The van der Waals surface area contributed by atoms with Crippen molar-refractivity contribution in [2.45, 2.75) is 39.2 Å². The molecule has 1 aromatic rings. The molecule has 19 heavy (non-hydrogen) atoms. The smallest absolute Gasteiger partial charge is 0.119 e. The van der Waals surface area contributed by atoms with Crippen molar-refractivity contribution in [1.82, 2.24) is 4.90 Å². The fourth-order valence-corrected chi connectivity index (χ4v) is 2.36. The van der Waals surface area contributed by atoms with Crippen LogP contribution in [0.4, 0.5) is 0 Å². The number of piperidine rings is 1. The summed E-state index contributed by atoms with van der Waals surface area (Å²) in [5.74, 6) is 1.83. The van der Waals surface area contributed by atoms with Gasteiger partial charge in [-0.1, -0.05) is 6.42 Å². The third-order valence-electron chi connectivity index (χ3n) is 3.32. The molecule has 2 rings (SSSR count). The average Bonchev–Trinajstić information content (AvgIpc) is 2.41. The Morgan fingerprint density at radius 2 is 1.63 bits per heavy atom. The highest BCUT2D eigenvalue weighted by molar-refractivity contribution is 5.31. The van der Waals surface area contributed by atoms with Crippen molar-refractivity contribution < 1.29 is 9.47 Å². The van der Waals surface area contributed by atoms with Crippen LogP contribution in [0.2, 0.25) is 0 Å². The van der Waals surface area contributed by atoms with Crippen molar-refractivity contribution in [3.8, 4) is 11.5 Å². The molecule has 0 bridgehead atoms. The van der Waals surface area contributed by atoms with Crippen LogP contribution in [0.5, 0.6) is 11.5 Å². The van der Waals surface area contributed by atoms with Gasteiger partial charge in [0.05, 0.1) is 6.10 Å². The molecule has 1 heterocycles. The van der Waals surface area contributed by atoms with Crippen LogP contribution >= 0.6 is 0 Å². The first-order valence-corrected chi connectivity index (χ1v) is 7.36. The molecule has 1 aromatic carbocycles. The summed E-state index contributed by atoms with van der Waals surface area (Å²) in [6.45, 7) is 8.32. The molecule has 0 saturated carbocycles. The van der Waals surface area contributed by atoms with Crippen molar-refractivity contribution in [2.24, 2.45) is 0 Å². The summed E-state index contributed by atoms with van der Waals surface area (Å²) in [7, 11) is 0. The molecule has 3 heteroatoms. The Hall–Kier alpha value is -1.22. The van der Waals surface area contributed by atoms with E-state index in [4.69, 9.17) is 9.47 Å². The standard InChI is InChI=1S/C16H25NO2/c1-14(2)19-16-8-6-15(7-9-16)18-13-12-17-10-4-3-5-11-17/h6-9,14H,3-5,10-13H2,1-2H3. The van der Waals surface area contributed by atoms with Gasteiger partial charge in [-0.2, -0.15) is 0 Å². The van der Waals surface area contributed by atoms with Gasteiger partial charge in [0, 0.05) is 6.54 Å². The maximum atomic E-state index is 5.77. The zero-order valence-electron chi connectivity index (χ0n) is 12.1. The van der Waals surface area contributed by atoms with Crippen LogP contribution in [0.1, 0.15) is 33.1 Å². The topological polar surface area (TPSA) is 21.7 Å². The summed E-state index contributed by atoms with van der Waals surface area (Å²) < 4.78 is 11.4. The van der Waals surface area contributed by atoms with Crippen LogP contribution in [0.3, 0.4) is 0 Å². The van der Waals surface area contributed by atoms with Crippen LogP contribution < -0.4 is 9.47 Å². The second-order valence-corrected chi connectivity index (χ2v) is 5.39. The van der Waals surface area contributed by atoms with E-state index in [2.05, 4.69) is 4.90 Å². The molecule has 0 atom stereocenters. The minimum Gasteiger partial charge on any atom is -0.492 e. The third-order valence-corrected chi connectivity index (χ3v) is 3.32. The lowest BCUT2D eigenvalue weighted by atomic mass is 10.1. The van der Waals surface area contributed by atoms with Gasteiger partial charge < -0.3 is 9.47 Å². The second-order valence-electron chi connectivity index (χ2n) is 5.39. The van der Waals surface area contributed by atoms with Crippen molar-refractivity contribution >= 4 is 0 Å². The zero-order chi connectivity index (χ0) is 13.5.